The Labute approximate surface area is 195 Å². The van der Waals surface area contributed by atoms with Gasteiger partial charge in [0.25, 0.3) is 5.91 Å². The fourth-order valence-electron chi connectivity index (χ4n) is 3.69. The molecule has 1 atom stereocenters. The van der Waals surface area contributed by atoms with Crippen LogP contribution in [-0.4, -0.2) is 53.0 Å². The molecule has 3 aromatic rings. The molecule has 0 spiro atoms. The smallest absolute Gasteiger partial charge is 0.254 e. The number of aromatic nitrogens is 2. The van der Waals surface area contributed by atoms with Gasteiger partial charge < -0.3 is 14.5 Å². The number of rotatable bonds is 5. The van der Waals surface area contributed by atoms with Crippen LogP contribution in [-0.2, 0) is 6.42 Å². The molecule has 1 fully saturated rings. The number of hydrogen-bond donors (Lipinski definition) is 0. The Bertz CT molecular complexity index is 1070. The van der Waals surface area contributed by atoms with Crippen molar-refractivity contribution < 1.29 is 9.53 Å². The second-order valence-electron chi connectivity index (χ2n) is 7.47. The Balaban J connectivity index is 1.41. The molecule has 1 amide bonds. The van der Waals surface area contributed by atoms with E-state index in [1.54, 1.807) is 25.3 Å². The largest absolute Gasteiger partial charge is 0.497 e. The van der Waals surface area contributed by atoms with Crippen molar-refractivity contribution in [3.63, 3.8) is 0 Å². The Hall–Kier alpha value is -2.35. The minimum Gasteiger partial charge on any atom is -0.497 e. The first-order chi connectivity index (χ1) is 14.9. The van der Waals surface area contributed by atoms with Crippen LogP contribution >= 0.6 is 34.7 Å². The molecule has 0 bridgehead atoms. The van der Waals surface area contributed by atoms with E-state index in [0.717, 1.165) is 22.3 Å². The van der Waals surface area contributed by atoms with E-state index in [2.05, 4.69) is 9.27 Å². The standard InChI is InChI=1S/C22H22Cl2N4O2S/c1-14-13-27(6-7-28(14)21(29)16-10-17(23)12-18(24)11-16)22-25-20(26-31-22)9-15-4-3-5-19(8-15)30-2/h3-5,8,10-12,14H,6-7,9,13H2,1-2H3. The number of carbonyl (C=O) groups is 1. The molecule has 162 valence electrons. The molecular weight excluding hydrogens is 455 g/mol. The van der Waals surface area contributed by atoms with E-state index in [9.17, 15) is 4.79 Å². The highest BCUT2D eigenvalue weighted by molar-refractivity contribution is 7.09. The number of hydrogen-bond acceptors (Lipinski definition) is 6. The van der Waals surface area contributed by atoms with Crippen LogP contribution in [0.3, 0.4) is 0 Å². The Morgan fingerprint density at radius 3 is 2.68 bits per heavy atom. The summed E-state index contributed by atoms with van der Waals surface area (Å²) in [5, 5.41) is 1.79. The molecule has 1 unspecified atom stereocenters. The van der Waals surface area contributed by atoms with E-state index < -0.39 is 0 Å². The van der Waals surface area contributed by atoms with E-state index in [1.807, 2.05) is 36.1 Å². The lowest BCUT2D eigenvalue weighted by Crippen LogP contribution is -2.54. The summed E-state index contributed by atoms with van der Waals surface area (Å²) < 4.78 is 9.81. The first-order valence-corrected chi connectivity index (χ1v) is 11.4. The third-order valence-corrected chi connectivity index (χ3v) is 6.47. The van der Waals surface area contributed by atoms with Gasteiger partial charge >= 0.3 is 0 Å². The van der Waals surface area contributed by atoms with Gasteiger partial charge in [-0.1, -0.05) is 35.3 Å². The number of methoxy groups -OCH3 is 1. The summed E-state index contributed by atoms with van der Waals surface area (Å²) in [4.78, 5) is 21.7. The fourth-order valence-corrected chi connectivity index (χ4v) is 4.93. The van der Waals surface area contributed by atoms with Crippen LogP contribution in [0, 0.1) is 0 Å². The van der Waals surface area contributed by atoms with Gasteiger partial charge in [0.05, 0.1) is 7.11 Å². The summed E-state index contributed by atoms with van der Waals surface area (Å²) in [6.45, 7) is 4.01. The number of amides is 1. The van der Waals surface area contributed by atoms with E-state index in [4.69, 9.17) is 32.9 Å². The van der Waals surface area contributed by atoms with Crippen molar-refractivity contribution >= 4 is 45.8 Å². The highest BCUT2D eigenvalue weighted by atomic mass is 35.5. The number of anilines is 1. The monoisotopic (exact) mass is 476 g/mol. The van der Waals surface area contributed by atoms with Crippen LogP contribution in [0.15, 0.2) is 42.5 Å². The zero-order valence-electron chi connectivity index (χ0n) is 17.2. The zero-order valence-corrected chi connectivity index (χ0v) is 19.5. The summed E-state index contributed by atoms with van der Waals surface area (Å²) in [5.74, 6) is 1.55. The lowest BCUT2D eigenvalue weighted by Gasteiger charge is -2.39. The second kappa shape index (κ2) is 9.42. The van der Waals surface area contributed by atoms with Gasteiger partial charge in [0, 0.05) is 59.2 Å². The first kappa shape index (κ1) is 21.9. The maximum Gasteiger partial charge on any atom is 0.254 e. The minimum atomic E-state index is -0.0625. The number of benzene rings is 2. The van der Waals surface area contributed by atoms with Crippen molar-refractivity contribution in [2.24, 2.45) is 0 Å². The summed E-state index contributed by atoms with van der Waals surface area (Å²) in [5.41, 5.74) is 1.61. The van der Waals surface area contributed by atoms with Gasteiger partial charge in [-0.15, -0.1) is 0 Å². The molecule has 1 aliphatic rings. The van der Waals surface area contributed by atoms with Crippen LogP contribution in [0.25, 0.3) is 0 Å². The van der Waals surface area contributed by atoms with Gasteiger partial charge in [-0.25, -0.2) is 4.98 Å². The van der Waals surface area contributed by atoms with Gasteiger partial charge in [0.1, 0.15) is 11.6 Å². The maximum atomic E-state index is 13.0. The van der Waals surface area contributed by atoms with E-state index in [0.29, 0.717) is 41.7 Å². The number of nitrogens with zero attached hydrogens (tertiary/aromatic N) is 4. The summed E-state index contributed by atoms with van der Waals surface area (Å²) in [6, 6.07) is 12.9. The summed E-state index contributed by atoms with van der Waals surface area (Å²) >= 11 is 13.5. The topological polar surface area (TPSA) is 58.6 Å². The highest BCUT2D eigenvalue weighted by Crippen LogP contribution is 2.25. The van der Waals surface area contributed by atoms with E-state index >= 15 is 0 Å². The summed E-state index contributed by atoms with van der Waals surface area (Å²) in [6.07, 6.45) is 0.650. The third kappa shape index (κ3) is 5.11. The van der Waals surface area contributed by atoms with Crippen molar-refractivity contribution in [3.05, 3.63) is 69.5 Å². The van der Waals surface area contributed by atoms with Crippen molar-refractivity contribution in [2.75, 3.05) is 31.6 Å². The van der Waals surface area contributed by atoms with Gasteiger partial charge in [-0.2, -0.15) is 4.37 Å². The Morgan fingerprint density at radius 2 is 1.97 bits per heavy atom. The van der Waals surface area contributed by atoms with Crippen LogP contribution in [0.1, 0.15) is 28.7 Å². The minimum absolute atomic E-state index is 0.0183. The molecule has 4 rings (SSSR count). The quantitative estimate of drug-likeness (QED) is 0.529. The molecule has 1 aromatic heterocycles. The molecule has 1 saturated heterocycles. The molecule has 0 N–H and O–H groups in total. The first-order valence-electron chi connectivity index (χ1n) is 9.90. The van der Waals surface area contributed by atoms with Gasteiger partial charge in [-0.3, -0.25) is 4.79 Å². The molecule has 6 nitrogen and oxygen atoms in total. The second-order valence-corrected chi connectivity index (χ2v) is 9.08. The molecule has 9 heteroatoms. The molecule has 1 aliphatic heterocycles. The highest BCUT2D eigenvalue weighted by Gasteiger charge is 2.30. The van der Waals surface area contributed by atoms with Crippen molar-refractivity contribution in [1.29, 1.82) is 0 Å². The van der Waals surface area contributed by atoms with Crippen LogP contribution in [0.2, 0.25) is 10.0 Å². The van der Waals surface area contributed by atoms with Gasteiger partial charge in [0.15, 0.2) is 0 Å². The number of carbonyl (C=O) groups excluding carboxylic acids is 1. The normalized spacial score (nSPS) is 16.5. The number of ether oxygens (including phenoxy) is 1. The predicted octanol–water partition coefficient (Wildman–Crippen LogP) is 4.80. The lowest BCUT2D eigenvalue weighted by atomic mass is 10.1. The van der Waals surface area contributed by atoms with E-state index in [-0.39, 0.29) is 11.9 Å². The molecule has 2 aromatic carbocycles. The summed E-state index contributed by atoms with van der Waals surface area (Å²) in [7, 11) is 1.66. The average molecular weight is 477 g/mol. The number of piperazine rings is 1. The Morgan fingerprint density at radius 1 is 1.19 bits per heavy atom. The number of halogens is 2. The third-order valence-electron chi connectivity index (χ3n) is 5.22. The predicted molar refractivity (Wildman–Crippen MR) is 125 cm³/mol. The Kier molecular flexibility index (Phi) is 6.65. The SMILES string of the molecule is COc1cccc(Cc2nsc(N3CCN(C(=O)c4cc(Cl)cc(Cl)c4)C(C)C3)n2)c1. The molecule has 0 radical (unpaired) electrons. The maximum absolute atomic E-state index is 13.0. The molecular formula is C22H22Cl2N4O2S. The van der Waals surface area contributed by atoms with Crippen molar-refractivity contribution in [2.45, 2.75) is 19.4 Å². The fraction of sp³-hybridized carbons (Fsp3) is 0.318. The molecule has 0 saturated carbocycles. The molecule has 2 heterocycles. The van der Waals surface area contributed by atoms with Crippen molar-refractivity contribution in [3.8, 4) is 5.75 Å². The van der Waals surface area contributed by atoms with Gasteiger partial charge in [-0.05, 0) is 42.8 Å². The van der Waals surface area contributed by atoms with Crippen molar-refractivity contribution in [1.82, 2.24) is 14.3 Å². The average Bonchev–Trinajstić information content (AvgIpc) is 3.21. The molecule has 31 heavy (non-hydrogen) atoms. The van der Waals surface area contributed by atoms with Crippen LogP contribution in [0.5, 0.6) is 5.75 Å². The van der Waals surface area contributed by atoms with Gasteiger partial charge in [0.2, 0.25) is 5.13 Å². The van der Waals surface area contributed by atoms with Crippen LogP contribution < -0.4 is 9.64 Å². The van der Waals surface area contributed by atoms with E-state index in [1.165, 1.54) is 11.5 Å². The molecule has 0 aliphatic carbocycles. The lowest BCUT2D eigenvalue weighted by molar-refractivity contribution is 0.0674. The van der Waals surface area contributed by atoms with Crippen LogP contribution in [0.4, 0.5) is 5.13 Å². The zero-order chi connectivity index (χ0) is 22.0.